The van der Waals surface area contributed by atoms with Crippen LogP contribution in [0.4, 0.5) is 5.69 Å². The zero-order valence-electron chi connectivity index (χ0n) is 11.8. The Morgan fingerprint density at radius 2 is 2.19 bits per heavy atom. The highest BCUT2D eigenvalue weighted by molar-refractivity contribution is 6.03. The van der Waals surface area contributed by atoms with Crippen LogP contribution in [0, 0.1) is 6.92 Å². The fraction of sp³-hybridized carbons (Fsp3) is 0.125. The number of hydrogen-bond donors (Lipinski definition) is 1. The number of aryl methyl sites for hydroxylation is 2. The number of rotatable bonds is 3. The maximum Gasteiger partial charge on any atom is 0.272 e. The molecule has 1 aromatic carbocycles. The van der Waals surface area contributed by atoms with Gasteiger partial charge in [0.1, 0.15) is 5.69 Å². The van der Waals surface area contributed by atoms with E-state index < -0.39 is 0 Å². The van der Waals surface area contributed by atoms with E-state index in [9.17, 15) is 4.79 Å². The van der Waals surface area contributed by atoms with Gasteiger partial charge in [-0.15, -0.1) is 0 Å². The van der Waals surface area contributed by atoms with E-state index in [1.807, 2.05) is 44.4 Å². The number of carbonyl (C=O) groups is 1. The summed E-state index contributed by atoms with van der Waals surface area (Å²) in [6.07, 6.45) is 4.91. The molecule has 0 atom stereocenters. The summed E-state index contributed by atoms with van der Waals surface area (Å²) in [5.41, 5.74) is 3.34. The zero-order valence-corrected chi connectivity index (χ0v) is 11.8. The number of anilines is 1. The van der Waals surface area contributed by atoms with E-state index in [4.69, 9.17) is 4.42 Å². The molecule has 0 spiro atoms. The third-order valence-electron chi connectivity index (χ3n) is 3.36. The second-order valence-corrected chi connectivity index (χ2v) is 4.85. The first-order chi connectivity index (χ1) is 10.1. The van der Waals surface area contributed by atoms with Gasteiger partial charge in [0.2, 0.25) is 0 Å². The van der Waals surface area contributed by atoms with Crippen LogP contribution in [0.3, 0.4) is 0 Å². The molecule has 1 amide bonds. The van der Waals surface area contributed by atoms with Gasteiger partial charge in [-0.25, -0.2) is 4.98 Å². The highest BCUT2D eigenvalue weighted by atomic mass is 16.3. The smallest absolute Gasteiger partial charge is 0.272 e. The standard InChI is InChI=1S/C16H15N3O2/c1-11-8-12(5-6-13(11)15-9-17-10-21-15)18-16(20)14-4-3-7-19(14)2/h3-10H,1-2H3,(H,18,20). The fourth-order valence-corrected chi connectivity index (χ4v) is 2.26. The third-order valence-corrected chi connectivity index (χ3v) is 3.36. The van der Waals surface area contributed by atoms with Crippen molar-refractivity contribution in [3.63, 3.8) is 0 Å². The molecule has 3 aromatic rings. The Morgan fingerprint density at radius 1 is 1.33 bits per heavy atom. The Morgan fingerprint density at radius 3 is 2.81 bits per heavy atom. The molecule has 2 heterocycles. The summed E-state index contributed by atoms with van der Waals surface area (Å²) in [5, 5.41) is 2.89. The number of amides is 1. The van der Waals surface area contributed by atoms with Gasteiger partial charge >= 0.3 is 0 Å². The predicted molar refractivity (Wildman–Crippen MR) is 80.0 cm³/mol. The molecule has 0 saturated heterocycles. The number of benzene rings is 1. The topological polar surface area (TPSA) is 60.1 Å². The quantitative estimate of drug-likeness (QED) is 0.801. The van der Waals surface area contributed by atoms with Crippen molar-refractivity contribution in [3.8, 4) is 11.3 Å². The first kappa shape index (κ1) is 13.2. The molecule has 0 saturated carbocycles. The molecule has 0 aliphatic rings. The van der Waals surface area contributed by atoms with E-state index in [1.54, 1.807) is 16.8 Å². The van der Waals surface area contributed by atoms with Crippen LogP contribution in [0.25, 0.3) is 11.3 Å². The molecule has 3 rings (SSSR count). The Hall–Kier alpha value is -2.82. The Bertz CT molecular complexity index is 773. The molecule has 106 valence electrons. The van der Waals surface area contributed by atoms with Crippen molar-refractivity contribution in [2.75, 3.05) is 5.32 Å². The van der Waals surface area contributed by atoms with Crippen LogP contribution in [0.15, 0.2) is 53.5 Å². The van der Waals surface area contributed by atoms with E-state index >= 15 is 0 Å². The lowest BCUT2D eigenvalue weighted by molar-refractivity contribution is 0.101. The van der Waals surface area contributed by atoms with Crippen molar-refractivity contribution >= 4 is 11.6 Å². The number of nitrogens with one attached hydrogen (secondary N) is 1. The molecule has 21 heavy (non-hydrogen) atoms. The van der Waals surface area contributed by atoms with Crippen LogP contribution >= 0.6 is 0 Å². The summed E-state index contributed by atoms with van der Waals surface area (Å²) >= 11 is 0. The van der Waals surface area contributed by atoms with Gasteiger partial charge in [-0.1, -0.05) is 0 Å². The van der Waals surface area contributed by atoms with Crippen molar-refractivity contribution in [1.82, 2.24) is 9.55 Å². The third kappa shape index (κ3) is 2.58. The first-order valence-electron chi connectivity index (χ1n) is 6.57. The van der Waals surface area contributed by atoms with Gasteiger partial charge in [0.15, 0.2) is 12.2 Å². The largest absolute Gasteiger partial charge is 0.444 e. The van der Waals surface area contributed by atoms with Gasteiger partial charge < -0.3 is 14.3 Å². The Kier molecular flexibility index (Phi) is 3.31. The lowest BCUT2D eigenvalue weighted by Gasteiger charge is -2.09. The summed E-state index contributed by atoms with van der Waals surface area (Å²) in [7, 11) is 1.84. The molecular formula is C16H15N3O2. The van der Waals surface area contributed by atoms with Crippen molar-refractivity contribution < 1.29 is 9.21 Å². The second kappa shape index (κ2) is 5.28. The molecule has 0 radical (unpaired) electrons. The summed E-state index contributed by atoms with van der Waals surface area (Å²) < 4.78 is 7.08. The van der Waals surface area contributed by atoms with Gasteiger partial charge in [-0.05, 0) is 42.8 Å². The fourth-order valence-electron chi connectivity index (χ4n) is 2.26. The minimum atomic E-state index is -0.130. The van der Waals surface area contributed by atoms with Gasteiger partial charge in [0.25, 0.3) is 5.91 Å². The zero-order chi connectivity index (χ0) is 14.8. The van der Waals surface area contributed by atoms with E-state index in [0.29, 0.717) is 11.5 Å². The number of nitrogens with zero attached hydrogens (tertiary/aromatic N) is 2. The molecular weight excluding hydrogens is 266 g/mol. The van der Waals surface area contributed by atoms with Crippen LogP contribution in [-0.2, 0) is 7.05 Å². The van der Waals surface area contributed by atoms with Gasteiger partial charge in [0, 0.05) is 24.5 Å². The number of oxazole rings is 1. The highest BCUT2D eigenvalue weighted by Gasteiger charge is 2.11. The van der Waals surface area contributed by atoms with E-state index in [0.717, 1.165) is 16.8 Å². The maximum atomic E-state index is 12.2. The normalized spacial score (nSPS) is 10.6. The van der Waals surface area contributed by atoms with Crippen LogP contribution in [0.2, 0.25) is 0 Å². The molecule has 5 nitrogen and oxygen atoms in total. The molecule has 1 N–H and O–H groups in total. The first-order valence-corrected chi connectivity index (χ1v) is 6.57. The highest BCUT2D eigenvalue weighted by Crippen LogP contribution is 2.25. The molecule has 5 heteroatoms. The lowest BCUT2D eigenvalue weighted by Crippen LogP contribution is -2.15. The molecule has 0 aliphatic heterocycles. The molecule has 0 fully saturated rings. The summed E-state index contributed by atoms with van der Waals surface area (Å²) in [6.45, 7) is 1.97. The van der Waals surface area contributed by atoms with E-state index in [1.165, 1.54) is 6.39 Å². The summed E-state index contributed by atoms with van der Waals surface area (Å²) in [5.74, 6) is 0.585. The van der Waals surface area contributed by atoms with E-state index in [-0.39, 0.29) is 5.91 Å². The van der Waals surface area contributed by atoms with Crippen LogP contribution in [-0.4, -0.2) is 15.5 Å². The monoisotopic (exact) mass is 281 g/mol. The molecule has 0 aliphatic carbocycles. The minimum Gasteiger partial charge on any atom is -0.444 e. The molecule has 0 bridgehead atoms. The molecule has 0 unspecified atom stereocenters. The van der Waals surface area contributed by atoms with Crippen LogP contribution in [0.1, 0.15) is 16.1 Å². The lowest BCUT2D eigenvalue weighted by atomic mass is 10.1. The Balaban J connectivity index is 1.83. The van der Waals surface area contributed by atoms with Crippen molar-refractivity contribution in [1.29, 1.82) is 0 Å². The van der Waals surface area contributed by atoms with Gasteiger partial charge in [-0.3, -0.25) is 4.79 Å². The average molecular weight is 281 g/mol. The SMILES string of the molecule is Cc1cc(NC(=O)c2cccn2C)ccc1-c1cnco1. The Labute approximate surface area is 122 Å². The van der Waals surface area contributed by atoms with Crippen molar-refractivity contribution in [2.24, 2.45) is 7.05 Å². The van der Waals surface area contributed by atoms with Crippen LogP contribution in [0.5, 0.6) is 0 Å². The average Bonchev–Trinajstić information content (AvgIpc) is 3.10. The summed E-state index contributed by atoms with van der Waals surface area (Å²) in [6, 6.07) is 9.30. The number of aromatic nitrogens is 2. The molecule has 2 aromatic heterocycles. The van der Waals surface area contributed by atoms with E-state index in [2.05, 4.69) is 10.3 Å². The van der Waals surface area contributed by atoms with Crippen LogP contribution < -0.4 is 5.32 Å². The number of hydrogen-bond acceptors (Lipinski definition) is 3. The van der Waals surface area contributed by atoms with Gasteiger partial charge in [-0.2, -0.15) is 0 Å². The number of carbonyl (C=O) groups excluding carboxylic acids is 1. The minimum absolute atomic E-state index is 0.130. The van der Waals surface area contributed by atoms with Crippen molar-refractivity contribution in [2.45, 2.75) is 6.92 Å². The predicted octanol–water partition coefficient (Wildman–Crippen LogP) is 3.24. The summed E-state index contributed by atoms with van der Waals surface area (Å²) in [4.78, 5) is 16.1. The van der Waals surface area contributed by atoms with Gasteiger partial charge in [0.05, 0.1) is 6.20 Å². The van der Waals surface area contributed by atoms with Crippen molar-refractivity contribution in [3.05, 3.63) is 60.4 Å². The maximum absolute atomic E-state index is 12.2. The second-order valence-electron chi connectivity index (χ2n) is 4.85.